The molecule has 0 heterocycles. The van der Waals surface area contributed by atoms with Gasteiger partial charge in [0, 0.05) is 6.42 Å². The van der Waals surface area contributed by atoms with E-state index >= 15 is 0 Å². The van der Waals surface area contributed by atoms with Gasteiger partial charge in [-0.1, -0.05) is 142 Å². The van der Waals surface area contributed by atoms with Gasteiger partial charge in [0.25, 0.3) is 0 Å². The number of Topliss-reactive ketones (excluding diaryl/α,β-unsaturated/α-hetero) is 1. The fourth-order valence-electron chi connectivity index (χ4n) is 5.15. The number of hydrogen-bond donors (Lipinski definition) is 2. The van der Waals surface area contributed by atoms with Crippen molar-refractivity contribution < 1.29 is 24.3 Å². The zero-order chi connectivity index (χ0) is 30.2. The molecule has 5 nitrogen and oxygen atoms in total. The highest BCUT2D eigenvalue weighted by Crippen LogP contribution is 2.26. The van der Waals surface area contributed by atoms with Gasteiger partial charge >= 0.3 is 0 Å². The van der Waals surface area contributed by atoms with Crippen LogP contribution in [0.3, 0.4) is 0 Å². The van der Waals surface area contributed by atoms with Crippen molar-refractivity contribution in [1.29, 1.82) is 0 Å². The Hall–Kier alpha value is -0.610. The van der Waals surface area contributed by atoms with Crippen molar-refractivity contribution in [1.82, 2.24) is 0 Å². The lowest BCUT2D eigenvalue weighted by molar-refractivity contribution is -0.129. The van der Waals surface area contributed by atoms with Crippen LogP contribution in [0.25, 0.3) is 0 Å². The van der Waals surface area contributed by atoms with E-state index in [4.69, 9.17) is 9.63 Å². The molecule has 0 saturated carbocycles. The summed E-state index contributed by atoms with van der Waals surface area (Å²) in [6, 6.07) is 0. The lowest BCUT2D eigenvalue weighted by Gasteiger charge is -2.15. The van der Waals surface area contributed by atoms with Gasteiger partial charge in [-0.05, 0) is 38.5 Å². The van der Waals surface area contributed by atoms with E-state index in [1.54, 1.807) is 0 Å². The van der Waals surface area contributed by atoms with Crippen LogP contribution < -0.4 is 0 Å². The minimum absolute atomic E-state index is 0.0577. The molecule has 0 bridgehead atoms. The van der Waals surface area contributed by atoms with Crippen molar-refractivity contribution in [3.63, 3.8) is 0 Å². The number of aliphatic hydroxyl groups is 2. The van der Waals surface area contributed by atoms with Crippen LogP contribution in [0.15, 0.2) is 12.2 Å². The molecule has 6 heteroatoms. The van der Waals surface area contributed by atoms with E-state index in [-0.39, 0.29) is 17.9 Å². The predicted octanol–water partition coefficient (Wildman–Crippen LogP) is 10.0. The van der Waals surface area contributed by atoms with Gasteiger partial charge in [-0.2, -0.15) is 0 Å². The molecule has 41 heavy (non-hydrogen) atoms. The molecule has 0 aromatic rings. The molecule has 3 atom stereocenters. The molecule has 0 fully saturated rings. The lowest BCUT2D eigenvalue weighted by Crippen LogP contribution is -2.23. The van der Waals surface area contributed by atoms with Crippen LogP contribution in [0.1, 0.15) is 174 Å². The lowest BCUT2D eigenvalue weighted by atomic mass is 9.94. The fourth-order valence-corrected chi connectivity index (χ4v) is 6.02. The molecule has 0 radical (unpaired) electrons. The maximum absolute atomic E-state index is 13.0. The van der Waals surface area contributed by atoms with Gasteiger partial charge in [-0.3, -0.25) is 9.59 Å². The van der Waals surface area contributed by atoms with E-state index in [0.29, 0.717) is 12.8 Å². The van der Waals surface area contributed by atoms with Crippen molar-refractivity contribution in [2.24, 2.45) is 5.92 Å². The summed E-state index contributed by atoms with van der Waals surface area (Å²) in [6.45, 7) is 4.03. The van der Waals surface area contributed by atoms with Gasteiger partial charge in [-0.25, -0.2) is 0 Å². The largest absolute Gasteiger partial charge is 0.394 e. The number of carbonyl (C=O) groups excluding carboxylic acids is 2. The number of unbranched alkanes of at least 4 members (excludes halogenated alkanes) is 20. The normalized spacial score (nSPS) is 13.5. The van der Waals surface area contributed by atoms with Crippen LogP contribution in [-0.4, -0.2) is 40.8 Å². The smallest absolute Gasteiger partial charge is 0.189 e. The molecule has 0 rings (SSSR count). The quantitative estimate of drug-likeness (QED) is 0.0340. The average molecular weight is 599 g/mol. The molecule has 0 aromatic carbocycles. The van der Waals surface area contributed by atoms with Crippen molar-refractivity contribution in [2.45, 2.75) is 180 Å². The first-order chi connectivity index (χ1) is 20.1. The third-order valence-corrected chi connectivity index (χ3v) is 8.76. The number of allylic oxidation sites excluding steroid dienone is 2. The molecular formula is C35H67O5P. The maximum atomic E-state index is 13.0. The molecule has 0 spiro atoms. The van der Waals surface area contributed by atoms with E-state index in [1.165, 1.54) is 96.3 Å². The zero-order valence-corrected chi connectivity index (χ0v) is 28.0. The molecule has 0 aliphatic carbocycles. The second-order valence-electron chi connectivity index (χ2n) is 11.9. The Labute approximate surface area is 255 Å². The number of aliphatic hydroxyl groups excluding tert-OH is 2. The Balaban J connectivity index is 4.19. The van der Waals surface area contributed by atoms with Gasteiger partial charge < -0.3 is 14.7 Å². The third-order valence-electron chi connectivity index (χ3n) is 7.90. The molecule has 3 unspecified atom stereocenters. The summed E-state index contributed by atoms with van der Waals surface area (Å²) >= 11 is 0. The summed E-state index contributed by atoms with van der Waals surface area (Å²) in [5.41, 5.74) is -0.152. The van der Waals surface area contributed by atoms with Crippen molar-refractivity contribution in [3.8, 4) is 0 Å². The van der Waals surface area contributed by atoms with Gasteiger partial charge in [0.1, 0.15) is 11.9 Å². The summed E-state index contributed by atoms with van der Waals surface area (Å²) in [6.07, 6.45) is 32.9. The maximum Gasteiger partial charge on any atom is 0.189 e. The second kappa shape index (κ2) is 32.3. The highest BCUT2D eigenvalue weighted by Gasteiger charge is 2.26. The Kier molecular flexibility index (Phi) is 31.8. The van der Waals surface area contributed by atoms with Crippen LogP contribution in [0.4, 0.5) is 0 Å². The van der Waals surface area contributed by atoms with Crippen molar-refractivity contribution in [2.75, 3.05) is 13.2 Å². The highest BCUT2D eigenvalue weighted by molar-refractivity contribution is 7.53. The first kappa shape index (κ1) is 40.4. The van der Waals surface area contributed by atoms with Gasteiger partial charge in [0.2, 0.25) is 0 Å². The standard InChI is InChI=1S/C35H67O5P/c1-3-5-7-9-11-13-15-16-17-19-20-22-24-26-28-33(35(39)41-40-31-32(37)30-36)34(38)29-27-25-23-21-18-14-12-10-8-6-4-2/h16-17,32-33,36-37,41H,3-15,18-31H2,1-2H3/b17-16-. The molecule has 0 aromatic heterocycles. The van der Waals surface area contributed by atoms with Crippen LogP contribution in [-0.2, 0) is 14.1 Å². The number of ketones is 1. The number of hydrogen-bond acceptors (Lipinski definition) is 5. The molecule has 2 N–H and O–H groups in total. The summed E-state index contributed by atoms with van der Waals surface area (Å²) in [5, 5.41) is 18.4. The molecular weight excluding hydrogens is 531 g/mol. The number of carbonyl (C=O) groups is 2. The Morgan fingerprint density at radius 3 is 1.59 bits per heavy atom. The van der Waals surface area contributed by atoms with Crippen LogP contribution >= 0.6 is 8.81 Å². The Bertz CT molecular complexity index is 609. The molecule has 0 aliphatic heterocycles. The van der Waals surface area contributed by atoms with E-state index in [1.807, 2.05) is 0 Å². The first-order valence-corrected chi connectivity index (χ1v) is 18.4. The van der Waals surface area contributed by atoms with Gasteiger partial charge in [0.15, 0.2) is 5.52 Å². The summed E-state index contributed by atoms with van der Waals surface area (Å²) in [5.74, 6) is -0.526. The minimum atomic E-state index is -0.986. The van der Waals surface area contributed by atoms with Crippen LogP contribution in [0.5, 0.6) is 0 Å². The molecule has 0 amide bonds. The summed E-state index contributed by atoms with van der Waals surface area (Å²) in [7, 11) is -0.450. The zero-order valence-electron chi connectivity index (χ0n) is 27.0. The fraction of sp³-hybridized carbons (Fsp3) is 0.886. The molecule has 0 saturated heterocycles. The monoisotopic (exact) mass is 598 g/mol. The topological polar surface area (TPSA) is 83.8 Å². The Morgan fingerprint density at radius 1 is 0.659 bits per heavy atom. The van der Waals surface area contributed by atoms with Crippen LogP contribution in [0.2, 0.25) is 0 Å². The van der Waals surface area contributed by atoms with E-state index < -0.39 is 27.4 Å². The van der Waals surface area contributed by atoms with Crippen molar-refractivity contribution in [3.05, 3.63) is 12.2 Å². The first-order valence-electron chi connectivity index (χ1n) is 17.4. The number of rotatable bonds is 33. The second-order valence-corrected chi connectivity index (χ2v) is 12.9. The highest BCUT2D eigenvalue weighted by atomic mass is 31.1. The van der Waals surface area contributed by atoms with Crippen molar-refractivity contribution >= 4 is 20.1 Å². The third kappa shape index (κ3) is 27.9. The summed E-state index contributed by atoms with van der Waals surface area (Å²) in [4.78, 5) is 25.8. The summed E-state index contributed by atoms with van der Waals surface area (Å²) < 4.78 is 5.32. The minimum Gasteiger partial charge on any atom is -0.394 e. The average Bonchev–Trinajstić information content (AvgIpc) is 2.97. The van der Waals surface area contributed by atoms with Gasteiger partial charge in [0.05, 0.1) is 27.9 Å². The predicted molar refractivity (Wildman–Crippen MR) is 177 cm³/mol. The molecule has 0 aliphatic rings. The van der Waals surface area contributed by atoms with Gasteiger partial charge in [-0.15, -0.1) is 0 Å². The van der Waals surface area contributed by atoms with E-state index in [2.05, 4.69) is 26.0 Å². The van der Waals surface area contributed by atoms with E-state index in [9.17, 15) is 14.7 Å². The SMILES string of the molecule is CCCCCCCC/C=C\CCCCCCC(C(=O)CCCCCCCCCCCCC)C(=O)POCC(O)CO. The van der Waals surface area contributed by atoms with E-state index in [0.717, 1.165) is 51.4 Å². The van der Waals surface area contributed by atoms with Crippen LogP contribution in [0, 0.1) is 5.92 Å². The Morgan fingerprint density at radius 2 is 1.10 bits per heavy atom. The molecule has 242 valence electrons.